The number of esters is 1. The van der Waals surface area contributed by atoms with Crippen molar-refractivity contribution < 1.29 is 9.53 Å². The quantitative estimate of drug-likeness (QED) is 0.668. The van der Waals surface area contributed by atoms with Crippen molar-refractivity contribution in [2.75, 3.05) is 24.7 Å². The van der Waals surface area contributed by atoms with Crippen LogP contribution in [0.3, 0.4) is 0 Å². The predicted octanol–water partition coefficient (Wildman–Crippen LogP) is 2.81. The first-order valence-electron chi connectivity index (χ1n) is 6.98. The average molecular weight is 282 g/mol. The molecule has 0 bridgehead atoms. The van der Waals surface area contributed by atoms with Crippen LogP contribution in [0, 0.1) is 0 Å². The maximum atomic E-state index is 11.6. The number of hydrogen-bond acceptors (Lipinski definition) is 4. The van der Waals surface area contributed by atoms with Crippen molar-refractivity contribution in [2.45, 2.75) is 12.3 Å². The van der Waals surface area contributed by atoms with Gasteiger partial charge in [-0.15, -0.1) is 0 Å². The second-order valence-corrected chi connectivity index (χ2v) is 5.27. The van der Waals surface area contributed by atoms with Crippen molar-refractivity contribution in [3.8, 4) is 0 Å². The number of anilines is 2. The minimum absolute atomic E-state index is 0.400. The van der Waals surface area contributed by atoms with E-state index in [-0.39, 0.29) is 0 Å². The number of benzene rings is 2. The molecule has 0 saturated carbocycles. The molecule has 0 fully saturated rings. The fourth-order valence-electron chi connectivity index (χ4n) is 2.74. The van der Waals surface area contributed by atoms with Crippen molar-refractivity contribution in [2.24, 2.45) is 0 Å². The minimum atomic E-state index is -0.412. The van der Waals surface area contributed by atoms with E-state index < -0.39 is 5.97 Å². The topological polar surface area (TPSA) is 64.3 Å². The van der Waals surface area contributed by atoms with Gasteiger partial charge in [0.2, 0.25) is 0 Å². The van der Waals surface area contributed by atoms with Crippen LogP contribution < -0.4 is 11.1 Å². The van der Waals surface area contributed by atoms with Crippen molar-refractivity contribution in [3.63, 3.8) is 0 Å². The van der Waals surface area contributed by atoms with E-state index in [1.807, 2.05) is 6.07 Å². The monoisotopic (exact) mass is 282 g/mol. The highest BCUT2D eigenvalue weighted by molar-refractivity contribution is 5.96. The Bertz CT molecular complexity index is 682. The van der Waals surface area contributed by atoms with Gasteiger partial charge in [0.1, 0.15) is 0 Å². The number of methoxy groups -OCH3 is 1. The first-order valence-corrected chi connectivity index (χ1v) is 6.98. The van der Waals surface area contributed by atoms with E-state index in [1.165, 1.54) is 18.2 Å². The summed E-state index contributed by atoms with van der Waals surface area (Å²) in [7, 11) is 1.35. The maximum Gasteiger partial charge on any atom is 0.340 e. The first kappa shape index (κ1) is 13.5. The van der Waals surface area contributed by atoms with Gasteiger partial charge >= 0.3 is 5.97 Å². The summed E-state index contributed by atoms with van der Waals surface area (Å²) in [6.45, 7) is 0.849. The Morgan fingerprint density at radius 3 is 2.90 bits per heavy atom. The average Bonchev–Trinajstić information content (AvgIpc) is 2.49. The number of nitrogens with one attached hydrogen (secondary N) is 1. The molecular weight excluding hydrogens is 264 g/mol. The Morgan fingerprint density at radius 2 is 2.14 bits per heavy atom. The molecule has 2 aromatic carbocycles. The van der Waals surface area contributed by atoms with Gasteiger partial charge in [-0.1, -0.05) is 24.3 Å². The third-order valence-electron chi connectivity index (χ3n) is 3.97. The lowest BCUT2D eigenvalue weighted by Gasteiger charge is -2.30. The molecule has 0 saturated heterocycles. The van der Waals surface area contributed by atoms with E-state index in [2.05, 4.69) is 29.6 Å². The highest BCUT2D eigenvalue weighted by Crippen LogP contribution is 2.34. The molecule has 1 aliphatic rings. The third-order valence-corrected chi connectivity index (χ3v) is 3.97. The summed E-state index contributed by atoms with van der Waals surface area (Å²) < 4.78 is 4.73. The highest BCUT2D eigenvalue weighted by Gasteiger charge is 2.24. The summed E-state index contributed by atoms with van der Waals surface area (Å²) in [4.78, 5) is 11.6. The molecule has 0 spiro atoms. The summed E-state index contributed by atoms with van der Waals surface area (Å²) in [5.41, 5.74) is 10.3. The summed E-state index contributed by atoms with van der Waals surface area (Å²) in [5.74, 6) is 0.116. The van der Waals surface area contributed by atoms with Crippen LogP contribution in [-0.2, 0) is 11.2 Å². The largest absolute Gasteiger partial charge is 0.465 e. The van der Waals surface area contributed by atoms with Crippen LogP contribution in [0.2, 0.25) is 0 Å². The van der Waals surface area contributed by atoms with E-state index in [1.54, 1.807) is 12.1 Å². The van der Waals surface area contributed by atoms with Gasteiger partial charge in [0.25, 0.3) is 0 Å². The van der Waals surface area contributed by atoms with Crippen molar-refractivity contribution in [1.82, 2.24) is 0 Å². The maximum absolute atomic E-state index is 11.6. The standard InChI is InChI=1S/C17H18N2O2/c1-21-17(20)15-9-13(6-7-16(15)18)19-10-12-8-11-4-2-3-5-14(11)12/h2-7,9,12,19H,8,10,18H2,1H3. The van der Waals surface area contributed by atoms with Crippen molar-refractivity contribution >= 4 is 17.3 Å². The minimum Gasteiger partial charge on any atom is -0.465 e. The molecule has 0 aliphatic heterocycles. The van der Waals surface area contributed by atoms with Gasteiger partial charge in [-0.3, -0.25) is 0 Å². The zero-order chi connectivity index (χ0) is 14.8. The number of carbonyl (C=O) groups is 1. The van der Waals surface area contributed by atoms with E-state index >= 15 is 0 Å². The summed E-state index contributed by atoms with van der Waals surface area (Å²) >= 11 is 0. The van der Waals surface area contributed by atoms with Gasteiger partial charge in [0.05, 0.1) is 12.7 Å². The van der Waals surface area contributed by atoms with Gasteiger partial charge in [-0.2, -0.15) is 0 Å². The lowest BCUT2D eigenvalue weighted by Crippen LogP contribution is -2.24. The molecule has 1 atom stereocenters. The molecule has 0 amide bonds. The van der Waals surface area contributed by atoms with E-state index in [9.17, 15) is 4.79 Å². The molecule has 4 nitrogen and oxygen atoms in total. The normalized spacial score (nSPS) is 15.8. The molecule has 4 heteroatoms. The van der Waals surface area contributed by atoms with Crippen LogP contribution in [0.1, 0.15) is 27.4 Å². The Hall–Kier alpha value is -2.49. The molecule has 21 heavy (non-hydrogen) atoms. The number of nitrogen functional groups attached to an aromatic ring is 1. The predicted molar refractivity (Wildman–Crippen MR) is 83.6 cm³/mol. The van der Waals surface area contributed by atoms with E-state index in [0.717, 1.165) is 18.7 Å². The molecular formula is C17H18N2O2. The van der Waals surface area contributed by atoms with E-state index in [0.29, 0.717) is 17.2 Å². The summed E-state index contributed by atoms with van der Waals surface area (Å²) in [5, 5.41) is 3.37. The number of ether oxygens (including phenoxy) is 1. The Balaban J connectivity index is 1.68. The fraction of sp³-hybridized carbons (Fsp3) is 0.235. The second kappa shape index (κ2) is 5.48. The molecule has 2 aromatic rings. The second-order valence-electron chi connectivity index (χ2n) is 5.27. The lowest BCUT2D eigenvalue weighted by molar-refractivity contribution is 0.0602. The zero-order valence-electron chi connectivity index (χ0n) is 11.9. The van der Waals surface area contributed by atoms with Crippen LogP contribution in [0.5, 0.6) is 0 Å². The number of fused-ring (bicyclic) bond motifs is 1. The Morgan fingerprint density at radius 1 is 1.33 bits per heavy atom. The molecule has 0 heterocycles. The van der Waals surface area contributed by atoms with Crippen molar-refractivity contribution in [3.05, 3.63) is 59.2 Å². The Kier molecular flexibility index (Phi) is 3.52. The molecule has 0 aromatic heterocycles. The SMILES string of the molecule is COC(=O)c1cc(NCC2Cc3ccccc32)ccc1N. The lowest BCUT2D eigenvalue weighted by atomic mass is 9.77. The third kappa shape index (κ3) is 2.57. The number of hydrogen-bond donors (Lipinski definition) is 2. The van der Waals surface area contributed by atoms with Crippen LogP contribution in [0.25, 0.3) is 0 Å². The highest BCUT2D eigenvalue weighted by atomic mass is 16.5. The smallest absolute Gasteiger partial charge is 0.340 e. The number of carbonyl (C=O) groups excluding carboxylic acids is 1. The van der Waals surface area contributed by atoms with Crippen LogP contribution in [0.4, 0.5) is 11.4 Å². The first-order chi connectivity index (χ1) is 10.2. The van der Waals surface area contributed by atoms with Gasteiger partial charge in [0.15, 0.2) is 0 Å². The van der Waals surface area contributed by atoms with Gasteiger partial charge < -0.3 is 15.8 Å². The van der Waals surface area contributed by atoms with Crippen LogP contribution in [0.15, 0.2) is 42.5 Å². The van der Waals surface area contributed by atoms with Crippen LogP contribution >= 0.6 is 0 Å². The van der Waals surface area contributed by atoms with Gasteiger partial charge in [-0.05, 0) is 35.7 Å². The molecule has 3 rings (SSSR count). The molecule has 3 N–H and O–H groups in total. The summed E-state index contributed by atoms with van der Waals surface area (Å²) in [6, 6.07) is 13.8. The summed E-state index contributed by atoms with van der Waals surface area (Å²) in [6.07, 6.45) is 1.10. The molecule has 0 radical (unpaired) electrons. The van der Waals surface area contributed by atoms with Gasteiger partial charge in [-0.25, -0.2) is 4.79 Å². The van der Waals surface area contributed by atoms with Gasteiger partial charge in [0, 0.05) is 23.8 Å². The Labute approximate surface area is 123 Å². The molecule has 1 aliphatic carbocycles. The fourth-order valence-corrected chi connectivity index (χ4v) is 2.74. The molecule has 108 valence electrons. The zero-order valence-corrected chi connectivity index (χ0v) is 11.9. The molecule has 1 unspecified atom stereocenters. The van der Waals surface area contributed by atoms with Crippen molar-refractivity contribution in [1.29, 1.82) is 0 Å². The van der Waals surface area contributed by atoms with Crippen LogP contribution in [-0.4, -0.2) is 19.6 Å². The number of rotatable bonds is 4. The number of nitrogens with two attached hydrogens (primary N) is 1. The van der Waals surface area contributed by atoms with E-state index in [4.69, 9.17) is 10.5 Å².